The molecule has 5 heteroatoms. The molecule has 1 aromatic heterocycles. The molecule has 1 aromatic rings. The van der Waals surface area contributed by atoms with E-state index in [0.29, 0.717) is 10.8 Å². The SMILES string of the molecule is COC(=O)c1ccc(C=CC[C@@H]2[C@@H](C=O)[C@H](C)C[C@H]2Cl)s1. The van der Waals surface area contributed by atoms with Crippen LogP contribution in [0.15, 0.2) is 18.2 Å². The lowest BCUT2D eigenvalue weighted by atomic mass is 9.89. The van der Waals surface area contributed by atoms with Crippen molar-refractivity contribution < 1.29 is 14.3 Å². The summed E-state index contributed by atoms with van der Waals surface area (Å²) >= 11 is 7.73. The molecule has 1 aliphatic rings. The van der Waals surface area contributed by atoms with E-state index in [0.717, 1.165) is 24.0 Å². The third kappa shape index (κ3) is 3.74. The van der Waals surface area contributed by atoms with Crippen molar-refractivity contribution in [3.05, 3.63) is 28.0 Å². The van der Waals surface area contributed by atoms with Crippen LogP contribution < -0.4 is 0 Å². The fourth-order valence-corrected chi connectivity index (χ4v) is 4.29. The first-order valence-corrected chi connectivity index (χ1v) is 8.26. The molecule has 1 saturated carbocycles. The van der Waals surface area contributed by atoms with Crippen LogP contribution in [-0.4, -0.2) is 24.7 Å². The van der Waals surface area contributed by atoms with Gasteiger partial charge in [-0.1, -0.05) is 13.0 Å². The summed E-state index contributed by atoms with van der Waals surface area (Å²) in [5.41, 5.74) is 0. The summed E-state index contributed by atoms with van der Waals surface area (Å²) in [6.07, 6.45) is 6.75. The molecule has 0 bridgehead atoms. The molecule has 0 saturated heterocycles. The second kappa shape index (κ2) is 7.23. The van der Waals surface area contributed by atoms with Gasteiger partial charge in [0.05, 0.1) is 7.11 Å². The second-order valence-electron chi connectivity index (χ2n) is 5.44. The molecular weight excluding hydrogens is 308 g/mol. The fourth-order valence-electron chi connectivity index (χ4n) is 2.88. The number of esters is 1. The molecule has 0 aliphatic heterocycles. The van der Waals surface area contributed by atoms with E-state index in [4.69, 9.17) is 11.6 Å². The lowest BCUT2D eigenvalue weighted by molar-refractivity contribution is -0.112. The predicted octanol–water partition coefficient (Wildman–Crippen LogP) is 4.02. The van der Waals surface area contributed by atoms with Gasteiger partial charge in [-0.2, -0.15) is 0 Å². The summed E-state index contributed by atoms with van der Waals surface area (Å²) in [7, 11) is 1.37. The Hall–Kier alpha value is -1.13. The summed E-state index contributed by atoms with van der Waals surface area (Å²) < 4.78 is 4.68. The fraction of sp³-hybridized carbons (Fsp3) is 0.500. The van der Waals surface area contributed by atoms with E-state index in [1.807, 2.05) is 18.2 Å². The van der Waals surface area contributed by atoms with Crippen molar-refractivity contribution in [3.63, 3.8) is 0 Å². The van der Waals surface area contributed by atoms with Gasteiger partial charge in [0.2, 0.25) is 0 Å². The quantitative estimate of drug-likeness (QED) is 0.466. The number of thiophene rings is 1. The van der Waals surface area contributed by atoms with Crippen molar-refractivity contribution in [3.8, 4) is 0 Å². The Balaban J connectivity index is 1.97. The molecule has 0 unspecified atom stereocenters. The minimum atomic E-state index is -0.314. The van der Waals surface area contributed by atoms with Gasteiger partial charge in [-0.15, -0.1) is 22.9 Å². The van der Waals surface area contributed by atoms with Crippen LogP contribution >= 0.6 is 22.9 Å². The zero-order chi connectivity index (χ0) is 15.4. The average molecular weight is 327 g/mol. The molecule has 1 aliphatic carbocycles. The van der Waals surface area contributed by atoms with E-state index in [2.05, 4.69) is 11.7 Å². The molecule has 0 N–H and O–H groups in total. The number of alkyl halides is 1. The molecule has 3 nitrogen and oxygen atoms in total. The molecular formula is C16H19ClO3S. The molecule has 21 heavy (non-hydrogen) atoms. The highest BCUT2D eigenvalue weighted by Crippen LogP contribution is 2.41. The predicted molar refractivity (Wildman–Crippen MR) is 85.8 cm³/mol. The highest BCUT2D eigenvalue weighted by atomic mass is 35.5. The van der Waals surface area contributed by atoms with Crippen LogP contribution in [0, 0.1) is 17.8 Å². The molecule has 114 valence electrons. The van der Waals surface area contributed by atoms with Gasteiger partial charge in [-0.05, 0) is 42.9 Å². The van der Waals surface area contributed by atoms with Gasteiger partial charge < -0.3 is 9.53 Å². The molecule has 1 fully saturated rings. The highest BCUT2D eigenvalue weighted by molar-refractivity contribution is 7.14. The molecule has 0 aromatic carbocycles. The number of hydrogen-bond acceptors (Lipinski definition) is 4. The van der Waals surface area contributed by atoms with Crippen molar-refractivity contribution >= 4 is 41.3 Å². The Bertz CT molecular complexity index is 537. The van der Waals surface area contributed by atoms with Crippen LogP contribution in [0.3, 0.4) is 0 Å². The zero-order valence-electron chi connectivity index (χ0n) is 12.1. The van der Waals surface area contributed by atoms with Crippen molar-refractivity contribution in [1.29, 1.82) is 0 Å². The van der Waals surface area contributed by atoms with Crippen LogP contribution in [-0.2, 0) is 9.53 Å². The van der Waals surface area contributed by atoms with Crippen molar-refractivity contribution in [2.45, 2.75) is 25.1 Å². The third-order valence-electron chi connectivity index (χ3n) is 4.07. The van der Waals surface area contributed by atoms with Crippen molar-refractivity contribution in [2.75, 3.05) is 7.11 Å². The summed E-state index contributed by atoms with van der Waals surface area (Å²) in [5, 5.41) is 0.0637. The Kier molecular flexibility index (Phi) is 5.59. The van der Waals surface area contributed by atoms with Gasteiger partial charge >= 0.3 is 5.97 Å². The summed E-state index contributed by atoms with van der Waals surface area (Å²) in [4.78, 5) is 24.2. The third-order valence-corrected chi connectivity index (χ3v) is 5.61. The van der Waals surface area contributed by atoms with E-state index >= 15 is 0 Å². The zero-order valence-corrected chi connectivity index (χ0v) is 13.7. The summed E-state index contributed by atoms with van der Waals surface area (Å²) in [6, 6.07) is 3.65. The molecule has 0 amide bonds. The maximum Gasteiger partial charge on any atom is 0.348 e. The Morgan fingerprint density at radius 1 is 1.52 bits per heavy atom. The number of allylic oxidation sites excluding steroid dienone is 1. The van der Waals surface area contributed by atoms with Gasteiger partial charge in [0, 0.05) is 16.2 Å². The van der Waals surface area contributed by atoms with Gasteiger partial charge in [-0.25, -0.2) is 4.79 Å². The number of carbonyl (C=O) groups excluding carboxylic acids is 2. The van der Waals surface area contributed by atoms with Crippen molar-refractivity contribution in [2.24, 2.45) is 17.8 Å². The molecule has 4 atom stereocenters. The van der Waals surface area contributed by atoms with Gasteiger partial charge in [0.15, 0.2) is 0 Å². The molecule has 2 rings (SSSR count). The van der Waals surface area contributed by atoms with E-state index in [9.17, 15) is 9.59 Å². The average Bonchev–Trinajstić information content (AvgIpc) is 3.03. The first kappa shape index (κ1) is 16.2. The highest BCUT2D eigenvalue weighted by Gasteiger charge is 2.39. The number of carbonyl (C=O) groups is 2. The van der Waals surface area contributed by atoms with Crippen LogP contribution in [0.25, 0.3) is 6.08 Å². The maximum atomic E-state index is 11.4. The summed E-state index contributed by atoms with van der Waals surface area (Å²) in [5.74, 6) is 0.295. The van der Waals surface area contributed by atoms with Crippen LogP contribution in [0.1, 0.15) is 34.3 Å². The molecule has 0 spiro atoms. The smallest absolute Gasteiger partial charge is 0.348 e. The second-order valence-corrected chi connectivity index (χ2v) is 7.11. The van der Waals surface area contributed by atoms with E-state index in [1.54, 1.807) is 6.07 Å². The monoisotopic (exact) mass is 326 g/mol. The van der Waals surface area contributed by atoms with E-state index in [1.165, 1.54) is 18.4 Å². The lowest BCUT2D eigenvalue weighted by Crippen LogP contribution is -2.17. The van der Waals surface area contributed by atoms with Crippen LogP contribution in [0.4, 0.5) is 0 Å². The first-order valence-electron chi connectivity index (χ1n) is 7.01. The Morgan fingerprint density at radius 3 is 2.95 bits per heavy atom. The topological polar surface area (TPSA) is 43.4 Å². The van der Waals surface area contributed by atoms with Crippen molar-refractivity contribution in [1.82, 2.24) is 0 Å². The lowest BCUT2D eigenvalue weighted by Gasteiger charge is -2.16. The number of ether oxygens (including phenoxy) is 1. The van der Waals surface area contributed by atoms with Crippen LogP contribution in [0.2, 0.25) is 0 Å². The normalized spacial score (nSPS) is 28.9. The van der Waals surface area contributed by atoms with E-state index < -0.39 is 0 Å². The van der Waals surface area contributed by atoms with Gasteiger partial charge in [-0.3, -0.25) is 0 Å². The van der Waals surface area contributed by atoms with Crippen LogP contribution in [0.5, 0.6) is 0 Å². The number of aldehydes is 1. The number of rotatable bonds is 5. The minimum Gasteiger partial charge on any atom is -0.465 e. The van der Waals surface area contributed by atoms with Gasteiger partial charge in [0.1, 0.15) is 11.2 Å². The number of methoxy groups -OCH3 is 1. The van der Waals surface area contributed by atoms with E-state index in [-0.39, 0.29) is 23.2 Å². The number of hydrogen-bond donors (Lipinski definition) is 0. The Morgan fingerprint density at radius 2 is 2.29 bits per heavy atom. The maximum absolute atomic E-state index is 11.4. The first-order chi connectivity index (χ1) is 10.1. The Labute approximate surface area is 133 Å². The van der Waals surface area contributed by atoms with Gasteiger partial charge in [0.25, 0.3) is 0 Å². The largest absolute Gasteiger partial charge is 0.465 e. The standard InChI is InChI=1S/C16H19ClO3S/c1-10-8-14(17)12(13(10)9-18)5-3-4-11-6-7-15(21-11)16(19)20-2/h3-4,6-7,9-10,12-14H,5,8H2,1-2H3/t10-,12-,13+,14-/m1/s1. The molecule has 1 heterocycles. The summed E-state index contributed by atoms with van der Waals surface area (Å²) in [6.45, 7) is 2.08. The molecule has 0 radical (unpaired) electrons. The number of halogens is 1. The minimum absolute atomic E-state index is 0.0473.